The fraction of sp³-hybridized carbons (Fsp3) is 0. The summed E-state index contributed by atoms with van der Waals surface area (Å²) in [6.07, 6.45) is 1.74. The molecule has 0 saturated carbocycles. The Morgan fingerprint density at radius 2 is 1.86 bits per heavy atom. The molecule has 22 heavy (non-hydrogen) atoms. The molecule has 0 bridgehead atoms. The van der Waals surface area contributed by atoms with E-state index in [0.717, 1.165) is 21.5 Å². The molecule has 4 N–H and O–H groups in total. The maximum absolute atomic E-state index is 11.2. The summed E-state index contributed by atoms with van der Waals surface area (Å²) in [6, 6.07) is 12.1. The van der Waals surface area contributed by atoms with Crippen molar-refractivity contribution in [2.75, 3.05) is 4.72 Å². The van der Waals surface area contributed by atoms with Crippen molar-refractivity contribution < 1.29 is 8.42 Å². The third-order valence-corrected chi connectivity index (χ3v) is 5.17. The number of nitrogens with two attached hydrogens (primary N) is 1. The summed E-state index contributed by atoms with van der Waals surface area (Å²) in [5, 5.41) is 6.68. The van der Waals surface area contributed by atoms with Gasteiger partial charge < -0.3 is 9.71 Å². The fourth-order valence-electron chi connectivity index (χ4n) is 2.02. The first-order valence-electron chi connectivity index (χ1n) is 6.26. The smallest absolute Gasteiger partial charge is 0.238 e. The Morgan fingerprint density at radius 1 is 1.14 bits per heavy atom. The number of rotatable bonds is 4. The Labute approximate surface area is 137 Å². The predicted molar refractivity (Wildman–Crippen MR) is 90.6 cm³/mol. The Kier molecular flexibility index (Phi) is 4.05. The molecule has 1 aromatic heterocycles. The molecule has 0 spiro atoms. The van der Waals surface area contributed by atoms with Gasteiger partial charge in [-0.3, -0.25) is 0 Å². The van der Waals surface area contributed by atoms with E-state index < -0.39 is 10.0 Å². The van der Waals surface area contributed by atoms with E-state index in [2.05, 4.69) is 9.71 Å². The van der Waals surface area contributed by atoms with Crippen molar-refractivity contribution in [3.8, 4) is 0 Å². The second kappa shape index (κ2) is 5.85. The molecular formula is C14H12ClN3O2S2. The number of benzene rings is 2. The second-order valence-corrected chi connectivity index (χ2v) is 7.43. The van der Waals surface area contributed by atoms with Crippen LogP contribution < -0.4 is 9.86 Å². The van der Waals surface area contributed by atoms with E-state index in [1.54, 1.807) is 18.3 Å². The number of hydrogen-bond acceptors (Lipinski definition) is 4. The zero-order valence-corrected chi connectivity index (χ0v) is 13.6. The highest BCUT2D eigenvalue weighted by Crippen LogP contribution is 2.31. The number of sulfonamides is 1. The minimum atomic E-state index is -3.66. The average molecular weight is 354 g/mol. The number of aromatic amines is 1. The first kappa shape index (κ1) is 15.2. The van der Waals surface area contributed by atoms with E-state index in [1.165, 1.54) is 24.1 Å². The third-order valence-electron chi connectivity index (χ3n) is 3.10. The highest BCUT2D eigenvalue weighted by molar-refractivity contribution is 8.00. The van der Waals surface area contributed by atoms with Gasteiger partial charge in [0.05, 0.1) is 21.1 Å². The van der Waals surface area contributed by atoms with Gasteiger partial charge in [-0.1, -0.05) is 23.7 Å². The number of hydrogen-bond donors (Lipinski definition) is 3. The summed E-state index contributed by atoms with van der Waals surface area (Å²) in [6.45, 7) is 0. The van der Waals surface area contributed by atoms with Crippen LogP contribution in [-0.2, 0) is 10.0 Å². The van der Waals surface area contributed by atoms with E-state index in [4.69, 9.17) is 16.7 Å². The number of aromatic nitrogens is 1. The molecule has 2 aromatic carbocycles. The van der Waals surface area contributed by atoms with E-state index in [9.17, 15) is 8.42 Å². The van der Waals surface area contributed by atoms with Crippen LogP contribution in [0.2, 0.25) is 5.02 Å². The van der Waals surface area contributed by atoms with Crippen LogP contribution in [-0.4, -0.2) is 13.4 Å². The summed E-state index contributed by atoms with van der Waals surface area (Å²) in [5.74, 6) is 0. The number of primary sulfonamides is 1. The monoisotopic (exact) mass is 353 g/mol. The Bertz CT molecular complexity index is 921. The Balaban J connectivity index is 1.79. The minimum Gasteiger partial charge on any atom is -0.358 e. The van der Waals surface area contributed by atoms with Gasteiger partial charge in [-0.25, -0.2) is 13.6 Å². The van der Waals surface area contributed by atoms with Gasteiger partial charge >= 0.3 is 0 Å². The molecule has 0 aliphatic carbocycles. The standard InChI is InChI=1S/C14H12ClN3O2S2/c15-12-8-17-14-11(12)2-1-3-13(14)18-21-9-4-6-10(7-5-9)22(16,19)20/h1-8,17-18H,(H2,16,19,20). The lowest BCUT2D eigenvalue weighted by Crippen LogP contribution is -2.11. The van der Waals surface area contributed by atoms with E-state index in [0.29, 0.717) is 5.02 Å². The topological polar surface area (TPSA) is 88.0 Å². The summed E-state index contributed by atoms with van der Waals surface area (Å²) in [4.78, 5) is 4.07. The number of fused-ring (bicyclic) bond motifs is 1. The summed E-state index contributed by atoms with van der Waals surface area (Å²) >= 11 is 7.46. The molecular weight excluding hydrogens is 342 g/mol. The van der Waals surface area contributed by atoms with E-state index in [1.807, 2.05) is 18.2 Å². The quantitative estimate of drug-likeness (QED) is 0.625. The van der Waals surface area contributed by atoms with E-state index in [-0.39, 0.29) is 4.90 Å². The molecule has 0 atom stereocenters. The molecule has 0 amide bonds. The molecule has 1 heterocycles. The van der Waals surface area contributed by atoms with Crippen LogP contribution in [0.3, 0.4) is 0 Å². The van der Waals surface area contributed by atoms with Crippen molar-refractivity contribution in [3.05, 3.63) is 53.7 Å². The summed E-state index contributed by atoms with van der Waals surface area (Å²) in [7, 11) is -3.66. The summed E-state index contributed by atoms with van der Waals surface area (Å²) in [5.41, 5.74) is 1.81. The van der Waals surface area contributed by atoms with Crippen LogP contribution >= 0.6 is 23.5 Å². The van der Waals surface area contributed by atoms with Crippen LogP contribution in [0.5, 0.6) is 0 Å². The van der Waals surface area contributed by atoms with Crippen molar-refractivity contribution in [3.63, 3.8) is 0 Å². The van der Waals surface area contributed by atoms with Gasteiger partial charge in [-0.2, -0.15) is 0 Å². The van der Waals surface area contributed by atoms with Gasteiger partial charge in [0.2, 0.25) is 10.0 Å². The van der Waals surface area contributed by atoms with Gasteiger partial charge in [0.25, 0.3) is 0 Å². The van der Waals surface area contributed by atoms with Crippen molar-refractivity contribution in [2.24, 2.45) is 5.14 Å². The van der Waals surface area contributed by atoms with Crippen molar-refractivity contribution in [1.82, 2.24) is 4.98 Å². The van der Waals surface area contributed by atoms with Gasteiger partial charge in [0.1, 0.15) is 0 Å². The number of para-hydroxylation sites is 1. The van der Waals surface area contributed by atoms with Crippen LogP contribution in [0.1, 0.15) is 0 Å². The van der Waals surface area contributed by atoms with E-state index >= 15 is 0 Å². The molecule has 3 rings (SSSR count). The predicted octanol–water partition coefficient (Wildman–Crippen LogP) is 3.59. The maximum Gasteiger partial charge on any atom is 0.238 e. The lowest BCUT2D eigenvalue weighted by atomic mass is 10.2. The maximum atomic E-state index is 11.2. The fourth-order valence-corrected chi connectivity index (χ4v) is 3.41. The molecule has 3 aromatic rings. The molecule has 0 saturated heterocycles. The highest BCUT2D eigenvalue weighted by Gasteiger charge is 2.08. The van der Waals surface area contributed by atoms with Crippen LogP contribution in [0.4, 0.5) is 5.69 Å². The molecule has 0 unspecified atom stereocenters. The largest absolute Gasteiger partial charge is 0.358 e. The molecule has 0 radical (unpaired) electrons. The van der Waals surface area contributed by atoms with Gasteiger partial charge in [-0.15, -0.1) is 0 Å². The third kappa shape index (κ3) is 3.07. The Morgan fingerprint density at radius 3 is 2.55 bits per heavy atom. The lowest BCUT2D eigenvalue weighted by molar-refractivity contribution is 0.597. The molecule has 114 valence electrons. The lowest BCUT2D eigenvalue weighted by Gasteiger charge is -2.07. The average Bonchev–Trinajstić information content (AvgIpc) is 2.87. The first-order chi connectivity index (χ1) is 10.4. The molecule has 0 aliphatic heterocycles. The molecule has 8 heteroatoms. The second-order valence-electron chi connectivity index (χ2n) is 4.59. The van der Waals surface area contributed by atoms with Gasteiger partial charge in [-0.05, 0) is 42.3 Å². The normalized spacial score (nSPS) is 11.7. The van der Waals surface area contributed by atoms with Gasteiger partial charge in [0.15, 0.2) is 0 Å². The molecule has 0 fully saturated rings. The molecule has 0 aliphatic rings. The summed E-state index contributed by atoms with van der Waals surface area (Å²) < 4.78 is 25.6. The number of halogens is 1. The van der Waals surface area contributed by atoms with Crippen molar-refractivity contribution >= 4 is 50.2 Å². The number of H-pyrrole nitrogens is 1. The van der Waals surface area contributed by atoms with Crippen LogP contribution in [0.25, 0.3) is 10.9 Å². The van der Waals surface area contributed by atoms with Crippen LogP contribution in [0, 0.1) is 0 Å². The van der Waals surface area contributed by atoms with Gasteiger partial charge in [0, 0.05) is 16.5 Å². The first-order valence-corrected chi connectivity index (χ1v) is 9.00. The zero-order valence-electron chi connectivity index (χ0n) is 11.2. The SMILES string of the molecule is NS(=O)(=O)c1ccc(SNc2cccc3c(Cl)c[nH]c23)cc1. The number of anilines is 1. The highest BCUT2D eigenvalue weighted by atomic mass is 35.5. The molecule has 5 nitrogen and oxygen atoms in total. The van der Waals surface area contributed by atoms with Crippen molar-refractivity contribution in [1.29, 1.82) is 0 Å². The van der Waals surface area contributed by atoms with Crippen LogP contribution in [0.15, 0.2) is 58.5 Å². The Hall–Kier alpha value is -1.67. The zero-order chi connectivity index (χ0) is 15.7. The van der Waals surface area contributed by atoms with Crippen molar-refractivity contribution in [2.45, 2.75) is 9.79 Å². The number of nitrogens with one attached hydrogen (secondary N) is 2. The minimum absolute atomic E-state index is 0.0927.